The van der Waals surface area contributed by atoms with Gasteiger partial charge in [0.05, 0.1) is 13.7 Å². The lowest BCUT2D eigenvalue weighted by Gasteiger charge is -2.06. The molecule has 2 N–H and O–H groups in total. The summed E-state index contributed by atoms with van der Waals surface area (Å²) in [6.45, 7) is -0.176. The summed E-state index contributed by atoms with van der Waals surface area (Å²) in [6, 6.07) is 12.0. The topological polar surface area (TPSA) is 80.3 Å². The smallest absolute Gasteiger partial charge is 0.251 e. The highest BCUT2D eigenvalue weighted by atomic mass is 35.5. The predicted octanol–water partition coefficient (Wildman–Crippen LogP) is 4.42. The summed E-state index contributed by atoms with van der Waals surface area (Å²) < 4.78 is 5.09. The summed E-state index contributed by atoms with van der Waals surface area (Å²) in [6.07, 6.45) is 2.23. The summed E-state index contributed by atoms with van der Waals surface area (Å²) in [5, 5.41) is 6.91. The number of hydrogen-bond acceptors (Lipinski definition) is 5. The van der Waals surface area contributed by atoms with Gasteiger partial charge in [0.25, 0.3) is 5.91 Å². The molecule has 0 saturated heterocycles. The third kappa shape index (κ3) is 5.93. The van der Waals surface area contributed by atoms with Crippen molar-refractivity contribution in [3.05, 3.63) is 74.7 Å². The van der Waals surface area contributed by atoms with E-state index in [1.54, 1.807) is 48.7 Å². The van der Waals surface area contributed by atoms with Crippen LogP contribution in [-0.4, -0.2) is 30.5 Å². The molecule has 0 atom stereocenters. The molecule has 1 heterocycles. The standard InChI is InChI=1S/C20H17Cl2N3O3S/c1-28-15-4-2-3-12(8-15)19(27)23-11-18(26)25-20-24-10-16(29-20)9-13-7-14(21)5-6-17(13)22/h2-8,10H,9,11H2,1H3,(H,23,27)(H,24,25,26). The van der Waals surface area contributed by atoms with Gasteiger partial charge in [0.15, 0.2) is 5.13 Å². The Bertz CT molecular complexity index is 1040. The maximum atomic E-state index is 12.2. The SMILES string of the molecule is COc1cccc(C(=O)NCC(=O)Nc2ncc(Cc3cc(Cl)ccc3Cl)s2)c1. The number of amides is 2. The van der Waals surface area contributed by atoms with Crippen molar-refractivity contribution in [2.45, 2.75) is 6.42 Å². The van der Waals surface area contributed by atoms with E-state index >= 15 is 0 Å². The zero-order valence-electron chi connectivity index (χ0n) is 15.4. The fraction of sp³-hybridized carbons (Fsp3) is 0.150. The van der Waals surface area contributed by atoms with Gasteiger partial charge in [-0.05, 0) is 42.0 Å². The van der Waals surface area contributed by atoms with Crippen LogP contribution in [0.4, 0.5) is 5.13 Å². The van der Waals surface area contributed by atoms with Gasteiger partial charge in [-0.1, -0.05) is 29.3 Å². The minimum atomic E-state index is -0.372. The van der Waals surface area contributed by atoms with Gasteiger partial charge in [0.2, 0.25) is 5.91 Å². The molecule has 0 radical (unpaired) electrons. The van der Waals surface area contributed by atoms with Crippen molar-refractivity contribution in [1.29, 1.82) is 0 Å². The van der Waals surface area contributed by atoms with Crippen LogP contribution >= 0.6 is 34.5 Å². The lowest BCUT2D eigenvalue weighted by Crippen LogP contribution is -2.32. The molecule has 0 aliphatic rings. The normalized spacial score (nSPS) is 10.4. The zero-order valence-corrected chi connectivity index (χ0v) is 17.7. The number of nitrogens with one attached hydrogen (secondary N) is 2. The average molecular weight is 450 g/mol. The number of carbonyl (C=O) groups is 2. The summed E-state index contributed by atoms with van der Waals surface area (Å²) >= 11 is 13.5. The van der Waals surface area contributed by atoms with E-state index < -0.39 is 0 Å². The van der Waals surface area contributed by atoms with Crippen molar-refractivity contribution in [3.8, 4) is 5.75 Å². The molecule has 2 amide bonds. The molecule has 6 nitrogen and oxygen atoms in total. The van der Waals surface area contributed by atoms with E-state index in [0.29, 0.717) is 32.9 Å². The van der Waals surface area contributed by atoms with Gasteiger partial charge in [-0.25, -0.2) is 4.98 Å². The van der Waals surface area contributed by atoms with Crippen LogP contribution < -0.4 is 15.4 Å². The van der Waals surface area contributed by atoms with Crippen LogP contribution in [0, 0.1) is 0 Å². The van der Waals surface area contributed by atoms with Crippen LogP contribution in [-0.2, 0) is 11.2 Å². The van der Waals surface area contributed by atoms with Crippen LogP contribution in [0.25, 0.3) is 0 Å². The minimum Gasteiger partial charge on any atom is -0.497 e. The van der Waals surface area contributed by atoms with Crippen LogP contribution in [0.3, 0.4) is 0 Å². The van der Waals surface area contributed by atoms with Crippen molar-refractivity contribution in [1.82, 2.24) is 10.3 Å². The fourth-order valence-electron chi connectivity index (χ4n) is 2.50. The first-order valence-corrected chi connectivity index (χ1v) is 10.1. The lowest BCUT2D eigenvalue weighted by molar-refractivity contribution is -0.115. The van der Waals surface area contributed by atoms with Gasteiger partial charge in [-0.2, -0.15) is 0 Å². The van der Waals surface area contributed by atoms with Gasteiger partial charge < -0.3 is 15.4 Å². The number of benzene rings is 2. The fourth-order valence-corrected chi connectivity index (χ4v) is 3.73. The van der Waals surface area contributed by atoms with Crippen molar-refractivity contribution in [2.75, 3.05) is 19.0 Å². The van der Waals surface area contributed by atoms with Gasteiger partial charge in [-0.3, -0.25) is 9.59 Å². The molecule has 150 valence electrons. The van der Waals surface area contributed by atoms with E-state index in [2.05, 4.69) is 15.6 Å². The number of ether oxygens (including phenoxy) is 1. The number of carbonyl (C=O) groups excluding carboxylic acids is 2. The van der Waals surface area contributed by atoms with Gasteiger partial charge in [0.1, 0.15) is 5.75 Å². The maximum absolute atomic E-state index is 12.2. The maximum Gasteiger partial charge on any atom is 0.251 e. The summed E-state index contributed by atoms with van der Waals surface area (Å²) in [5.74, 6) is -0.172. The van der Waals surface area contributed by atoms with Crippen molar-refractivity contribution < 1.29 is 14.3 Å². The molecule has 2 aromatic carbocycles. The van der Waals surface area contributed by atoms with E-state index in [4.69, 9.17) is 27.9 Å². The quantitative estimate of drug-likeness (QED) is 0.559. The van der Waals surface area contributed by atoms with Gasteiger partial charge in [-0.15, -0.1) is 11.3 Å². The molecule has 0 saturated carbocycles. The van der Waals surface area contributed by atoms with Crippen LogP contribution in [0.15, 0.2) is 48.7 Å². The Morgan fingerprint density at radius 2 is 2.00 bits per heavy atom. The average Bonchev–Trinajstić information content (AvgIpc) is 3.15. The Balaban J connectivity index is 1.53. The molecule has 0 spiro atoms. The third-order valence-corrected chi connectivity index (χ3v) is 5.43. The molecule has 0 fully saturated rings. The van der Waals surface area contributed by atoms with Crippen molar-refractivity contribution in [3.63, 3.8) is 0 Å². The molecule has 0 bridgehead atoms. The van der Waals surface area contributed by atoms with E-state index in [1.807, 2.05) is 0 Å². The highest BCUT2D eigenvalue weighted by Crippen LogP contribution is 2.26. The van der Waals surface area contributed by atoms with E-state index in [0.717, 1.165) is 10.4 Å². The number of thiazole rings is 1. The zero-order chi connectivity index (χ0) is 20.8. The summed E-state index contributed by atoms with van der Waals surface area (Å²) in [4.78, 5) is 29.4. The van der Waals surface area contributed by atoms with Crippen LogP contribution in [0.2, 0.25) is 10.0 Å². The Morgan fingerprint density at radius 3 is 2.79 bits per heavy atom. The molecule has 9 heteroatoms. The molecule has 1 aromatic heterocycles. The second-order valence-corrected chi connectivity index (χ2v) is 7.97. The van der Waals surface area contributed by atoms with Crippen LogP contribution in [0.5, 0.6) is 5.75 Å². The van der Waals surface area contributed by atoms with E-state index in [-0.39, 0.29) is 18.4 Å². The Kier molecular flexibility index (Phi) is 7.09. The molecular weight excluding hydrogens is 433 g/mol. The monoisotopic (exact) mass is 449 g/mol. The molecule has 29 heavy (non-hydrogen) atoms. The molecule has 0 aliphatic carbocycles. The molecular formula is C20H17Cl2N3O3S. The molecule has 0 unspecified atom stereocenters. The second-order valence-electron chi connectivity index (χ2n) is 6.01. The number of hydrogen-bond donors (Lipinski definition) is 2. The Labute approximate surface area is 181 Å². The van der Waals surface area contributed by atoms with Crippen LogP contribution in [0.1, 0.15) is 20.8 Å². The number of aromatic nitrogens is 1. The van der Waals surface area contributed by atoms with E-state index in [9.17, 15) is 9.59 Å². The number of methoxy groups -OCH3 is 1. The molecule has 0 aliphatic heterocycles. The first-order chi connectivity index (χ1) is 13.9. The lowest BCUT2D eigenvalue weighted by atomic mass is 10.1. The molecule has 3 aromatic rings. The minimum absolute atomic E-state index is 0.176. The van der Waals surface area contributed by atoms with Crippen molar-refractivity contribution >= 4 is 51.5 Å². The highest BCUT2D eigenvalue weighted by molar-refractivity contribution is 7.15. The first-order valence-electron chi connectivity index (χ1n) is 8.55. The second kappa shape index (κ2) is 9.73. The number of anilines is 1. The number of nitrogens with zero attached hydrogens (tertiary/aromatic N) is 1. The number of rotatable bonds is 7. The highest BCUT2D eigenvalue weighted by Gasteiger charge is 2.12. The van der Waals surface area contributed by atoms with Gasteiger partial charge in [0, 0.05) is 33.1 Å². The summed E-state index contributed by atoms with van der Waals surface area (Å²) in [5.41, 5.74) is 1.29. The van der Waals surface area contributed by atoms with Crippen molar-refractivity contribution in [2.24, 2.45) is 0 Å². The van der Waals surface area contributed by atoms with E-state index in [1.165, 1.54) is 18.4 Å². The summed E-state index contributed by atoms with van der Waals surface area (Å²) in [7, 11) is 1.52. The number of halogens is 2. The first kappa shape index (κ1) is 21.1. The third-order valence-electron chi connectivity index (χ3n) is 3.91. The Morgan fingerprint density at radius 1 is 1.17 bits per heavy atom. The molecule has 3 rings (SSSR count). The largest absolute Gasteiger partial charge is 0.497 e. The predicted molar refractivity (Wildman–Crippen MR) is 115 cm³/mol. The van der Waals surface area contributed by atoms with Gasteiger partial charge >= 0.3 is 0 Å². The Hall–Kier alpha value is -2.61.